The fraction of sp³-hybridized carbons (Fsp3) is 0.188. The normalized spacial score (nSPS) is 11.9. The van der Waals surface area contributed by atoms with Gasteiger partial charge in [-0.2, -0.15) is 0 Å². The molecular weight excluding hydrogens is 320 g/mol. The maximum atomic E-state index is 11.5. The molecule has 0 aliphatic carbocycles. The number of methoxy groups -OCH3 is 1. The summed E-state index contributed by atoms with van der Waals surface area (Å²) in [6, 6.07) is 14.9. The van der Waals surface area contributed by atoms with Crippen molar-refractivity contribution in [1.29, 1.82) is 0 Å². The van der Waals surface area contributed by atoms with Gasteiger partial charge in [0.05, 0.1) is 13.0 Å². The Hall–Kier alpha value is -1.81. The van der Waals surface area contributed by atoms with Gasteiger partial charge < -0.3 is 9.84 Å². The molecule has 0 heterocycles. The number of rotatable bonds is 5. The average molecular weight is 335 g/mol. The van der Waals surface area contributed by atoms with Crippen molar-refractivity contribution in [2.45, 2.75) is 12.3 Å². The van der Waals surface area contributed by atoms with Gasteiger partial charge in [0.1, 0.15) is 5.75 Å². The van der Waals surface area contributed by atoms with Gasteiger partial charge >= 0.3 is 5.97 Å². The standard InChI is InChI=1S/C16H15BrO3/c1-20-14-7-2-4-11(8-14)9-15(16(18)19)12-5-3-6-13(17)10-12/h2-8,10,15H,9H2,1H3,(H,18,19). The Balaban J connectivity index is 2.28. The molecule has 0 saturated heterocycles. The summed E-state index contributed by atoms with van der Waals surface area (Å²) in [5, 5.41) is 9.46. The van der Waals surface area contributed by atoms with Crippen LogP contribution in [-0.2, 0) is 11.2 Å². The van der Waals surface area contributed by atoms with Crippen LogP contribution >= 0.6 is 15.9 Å². The number of carbonyl (C=O) groups is 1. The molecule has 0 saturated carbocycles. The maximum absolute atomic E-state index is 11.5. The van der Waals surface area contributed by atoms with Crippen LogP contribution in [0.3, 0.4) is 0 Å². The highest BCUT2D eigenvalue weighted by Gasteiger charge is 2.20. The number of benzene rings is 2. The van der Waals surface area contributed by atoms with E-state index in [2.05, 4.69) is 15.9 Å². The molecule has 0 aliphatic heterocycles. The molecule has 20 heavy (non-hydrogen) atoms. The molecule has 0 spiro atoms. The fourth-order valence-corrected chi connectivity index (χ4v) is 2.52. The molecular formula is C16H15BrO3. The highest BCUT2D eigenvalue weighted by atomic mass is 79.9. The molecule has 4 heteroatoms. The van der Waals surface area contributed by atoms with Crippen molar-refractivity contribution in [1.82, 2.24) is 0 Å². The lowest BCUT2D eigenvalue weighted by atomic mass is 9.92. The number of carboxylic acid groups (broad SMARTS) is 1. The second-order valence-electron chi connectivity index (χ2n) is 4.50. The smallest absolute Gasteiger partial charge is 0.311 e. The molecule has 0 aromatic heterocycles. The molecule has 2 rings (SSSR count). The van der Waals surface area contributed by atoms with Crippen LogP contribution in [0.25, 0.3) is 0 Å². The van der Waals surface area contributed by atoms with E-state index >= 15 is 0 Å². The average Bonchev–Trinajstić information content (AvgIpc) is 2.44. The molecule has 104 valence electrons. The Morgan fingerprint density at radius 3 is 2.65 bits per heavy atom. The van der Waals surface area contributed by atoms with E-state index in [0.717, 1.165) is 21.3 Å². The molecule has 1 unspecified atom stereocenters. The van der Waals surface area contributed by atoms with Gasteiger partial charge in [0.2, 0.25) is 0 Å². The van der Waals surface area contributed by atoms with Crippen LogP contribution in [0.5, 0.6) is 5.75 Å². The van der Waals surface area contributed by atoms with Crippen molar-refractivity contribution >= 4 is 21.9 Å². The second kappa shape index (κ2) is 6.57. The topological polar surface area (TPSA) is 46.5 Å². The van der Waals surface area contributed by atoms with E-state index in [9.17, 15) is 9.90 Å². The summed E-state index contributed by atoms with van der Waals surface area (Å²) in [5.74, 6) is -0.661. The van der Waals surface area contributed by atoms with Gasteiger partial charge in [0.25, 0.3) is 0 Å². The number of carboxylic acids is 1. The molecule has 3 nitrogen and oxygen atoms in total. The first-order valence-corrected chi connectivity index (χ1v) is 7.00. The van der Waals surface area contributed by atoms with Gasteiger partial charge in [-0.3, -0.25) is 4.79 Å². The third-order valence-electron chi connectivity index (χ3n) is 3.12. The third kappa shape index (κ3) is 3.61. The lowest BCUT2D eigenvalue weighted by Crippen LogP contribution is -2.14. The van der Waals surface area contributed by atoms with Gasteiger partial charge in [-0.05, 0) is 41.8 Å². The molecule has 1 atom stereocenters. The zero-order chi connectivity index (χ0) is 14.5. The summed E-state index contributed by atoms with van der Waals surface area (Å²) in [4.78, 5) is 11.5. The van der Waals surface area contributed by atoms with E-state index in [1.165, 1.54) is 0 Å². The fourth-order valence-electron chi connectivity index (χ4n) is 2.11. The number of ether oxygens (including phenoxy) is 1. The van der Waals surface area contributed by atoms with Crippen molar-refractivity contribution < 1.29 is 14.6 Å². The van der Waals surface area contributed by atoms with Crippen LogP contribution in [-0.4, -0.2) is 18.2 Å². The highest BCUT2D eigenvalue weighted by molar-refractivity contribution is 9.10. The van der Waals surface area contributed by atoms with E-state index in [1.807, 2.05) is 48.5 Å². The number of aliphatic carboxylic acids is 1. The molecule has 0 bridgehead atoms. The molecule has 1 N–H and O–H groups in total. The first-order valence-electron chi connectivity index (χ1n) is 6.21. The minimum Gasteiger partial charge on any atom is -0.497 e. The summed E-state index contributed by atoms with van der Waals surface area (Å²) in [7, 11) is 1.60. The van der Waals surface area contributed by atoms with Crippen LogP contribution in [0, 0.1) is 0 Å². The quantitative estimate of drug-likeness (QED) is 0.902. The first-order chi connectivity index (χ1) is 9.60. The minimum atomic E-state index is -0.828. The Kier molecular flexibility index (Phi) is 4.79. The van der Waals surface area contributed by atoms with E-state index in [4.69, 9.17) is 4.74 Å². The number of halogens is 1. The van der Waals surface area contributed by atoms with Crippen LogP contribution in [0.1, 0.15) is 17.0 Å². The summed E-state index contributed by atoms with van der Waals surface area (Å²) in [6.07, 6.45) is 0.434. The lowest BCUT2D eigenvalue weighted by molar-refractivity contribution is -0.138. The van der Waals surface area contributed by atoms with Crippen LogP contribution in [0.4, 0.5) is 0 Å². The highest BCUT2D eigenvalue weighted by Crippen LogP contribution is 2.25. The Morgan fingerprint density at radius 1 is 1.25 bits per heavy atom. The maximum Gasteiger partial charge on any atom is 0.311 e. The Labute approximate surface area is 126 Å². The predicted molar refractivity (Wildman–Crippen MR) is 81.2 cm³/mol. The Morgan fingerprint density at radius 2 is 2.00 bits per heavy atom. The number of hydrogen-bond acceptors (Lipinski definition) is 2. The van der Waals surface area contributed by atoms with Crippen molar-refractivity contribution in [2.24, 2.45) is 0 Å². The van der Waals surface area contributed by atoms with E-state index in [-0.39, 0.29) is 0 Å². The molecule has 0 radical (unpaired) electrons. The van der Waals surface area contributed by atoms with Gasteiger partial charge in [0, 0.05) is 4.47 Å². The van der Waals surface area contributed by atoms with Gasteiger partial charge in [-0.25, -0.2) is 0 Å². The Bertz CT molecular complexity index is 610. The molecule has 2 aromatic carbocycles. The second-order valence-corrected chi connectivity index (χ2v) is 5.42. The van der Waals surface area contributed by atoms with Gasteiger partial charge in [0.15, 0.2) is 0 Å². The van der Waals surface area contributed by atoms with Gasteiger partial charge in [-0.1, -0.05) is 40.2 Å². The van der Waals surface area contributed by atoms with Gasteiger partial charge in [-0.15, -0.1) is 0 Å². The lowest BCUT2D eigenvalue weighted by Gasteiger charge is -2.14. The van der Waals surface area contributed by atoms with Crippen molar-refractivity contribution in [3.05, 3.63) is 64.1 Å². The van der Waals surface area contributed by atoms with Crippen molar-refractivity contribution in [3.63, 3.8) is 0 Å². The van der Waals surface area contributed by atoms with Crippen molar-refractivity contribution in [2.75, 3.05) is 7.11 Å². The molecule has 2 aromatic rings. The van der Waals surface area contributed by atoms with Crippen LogP contribution < -0.4 is 4.74 Å². The largest absolute Gasteiger partial charge is 0.497 e. The molecule has 0 aliphatic rings. The van der Waals surface area contributed by atoms with E-state index < -0.39 is 11.9 Å². The van der Waals surface area contributed by atoms with E-state index in [1.54, 1.807) is 7.11 Å². The molecule has 0 fully saturated rings. The summed E-state index contributed by atoms with van der Waals surface area (Å²) in [5.41, 5.74) is 1.73. The zero-order valence-corrected chi connectivity index (χ0v) is 12.6. The van der Waals surface area contributed by atoms with Crippen LogP contribution in [0.2, 0.25) is 0 Å². The third-order valence-corrected chi connectivity index (χ3v) is 3.62. The zero-order valence-electron chi connectivity index (χ0n) is 11.0. The monoisotopic (exact) mass is 334 g/mol. The molecule has 0 amide bonds. The first kappa shape index (κ1) is 14.6. The van der Waals surface area contributed by atoms with E-state index in [0.29, 0.717) is 6.42 Å². The summed E-state index contributed by atoms with van der Waals surface area (Å²) in [6.45, 7) is 0. The minimum absolute atomic E-state index is 0.434. The van der Waals surface area contributed by atoms with Crippen LogP contribution in [0.15, 0.2) is 53.0 Å². The number of hydrogen-bond donors (Lipinski definition) is 1. The van der Waals surface area contributed by atoms with Crippen molar-refractivity contribution in [3.8, 4) is 5.75 Å². The summed E-state index contributed by atoms with van der Waals surface area (Å²) < 4.78 is 6.05. The summed E-state index contributed by atoms with van der Waals surface area (Å²) >= 11 is 3.37. The predicted octanol–water partition coefficient (Wildman–Crippen LogP) is 3.87. The SMILES string of the molecule is COc1cccc(CC(C(=O)O)c2cccc(Br)c2)c1.